The summed E-state index contributed by atoms with van der Waals surface area (Å²) in [5.41, 5.74) is -0.0996. The molecule has 7 nitrogen and oxygen atoms in total. The van der Waals surface area contributed by atoms with Crippen LogP contribution in [0.25, 0.3) is 6.08 Å². The monoisotopic (exact) mass is 379 g/mol. The van der Waals surface area contributed by atoms with Crippen molar-refractivity contribution in [2.24, 2.45) is 0 Å². The molecule has 1 heterocycles. The molecule has 0 aromatic heterocycles. The maximum absolute atomic E-state index is 12.5. The largest absolute Gasteiger partial charge is 0.497 e. The van der Waals surface area contributed by atoms with Crippen molar-refractivity contribution < 1.29 is 28.6 Å². The third kappa shape index (κ3) is 4.78. The van der Waals surface area contributed by atoms with Gasteiger partial charge in [0, 0.05) is 5.56 Å². The summed E-state index contributed by atoms with van der Waals surface area (Å²) in [6.45, 7) is 4.73. The lowest BCUT2D eigenvalue weighted by Gasteiger charge is -2.21. The molecule has 1 aliphatic rings. The minimum absolute atomic E-state index is 0.199. The molecule has 2 rings (SSSR count). The topological polar surface area (TPSA) is 82.1 Å². The highest BCUT2D eigenvalue weighted by Gasteiger charge is 2.37. The molecule has 140 valence electrons. The molecular formula is C18H21NO6S. The number of thioether (sulfide) groups is 1. The molecule has 8 heteroatoms. The lowest BCUT2D eigenvalue weighted by atomic mass is 10.1. The number of rotatable bonds is 5. The van der Waals surface area contributed by atoms with Crippen LogP contribution in [0, 0.1) is 0 Å². The number of amides is 2. The standard InChI is InChI=1S/C18H21NO6S/c1-18(2,3)25-15(20)10-19-16(21)14(26-17(19)22)9-11-8-12(23-4)6-7-13(11)24-5/h6-9H,10H2,1-5H3/b14-9+. The van der Waals surface area contributed by atoms with Crippen molar-refractivity contribution in [2.75, 3.05) is 20.8 Å². The Kier molecular flexibility index (Phi) is 5.97. The second-order valence-electron chi connectivity index (χ2n) is 6.46. The summed E-state index contributed by atoms with van der Waals surface area (Å²) in [4.78, 5) is 37.6. The molecule has 0 bridgehead atoms. The van der Waals surface area contributed by atoms with Crippen LogP contribution < -0.4 is 9.47 Å². The maximum Gasteiger partial charge on any atom is 0.326 e. The second-order valence-corrected chi connectivity index (χ2v) is 7.46. The molecule has 0 radical (unpaired) electrons. The highest BCUT2D eigenvalue weighted by Crippen LogP contribution is 2.35. The van der Waals surface area contributed by atoms with Crippen molar-refractivity contribution in [3.63, 3.8) is 0 Å². The number of carbonyl (C=O) groups is 3. The Balaban J connectivity index is 2.23. The van der Waals surface area contributed by atoms with Crippen LogP contribution >= 0.6 is 11.8 Å². The lowest BCUT2D eigenvalue weighted by Crippen LogP contribution is -2.37. The van der Waals surface area contributed by atoms with Crippen molar-refractivity contribution >= 4 is 35.0 Å². The maximum atomic E-state index is 12.5. The quantitative estimate of drug-likeness (QED) is 0.574. The van der Waals surface area contributed by atoms with Crippen LogP contribution in [0.2, 0.25) is 0 Å². The minimum atomic E-state index is -0.692. The third-order valence-corrected chi connectivity index (χ3v) is 4.21. The summed E-state index contributed by atoms with van der Waals surface area (Å²) in [5.74, 6) is -0.0643. The number of hydrogen-bond acceptors (Lipinski definition) is 7. The fourth-order valence-electron chi connectivity index (χ4n) is 2.23. The molecule has 1 saturated heterocycles. The van der Waals surface area contributed by atoms with E-state index < -0.39 is 29.3 Å². The summed E-state index contributed by atoms with van der Waals surface area (Å²) in [5, 5.41) is -0.519. The molecule has 0 aliphatic carbocycles. The lowest BCUT2D eigenvalue weighted by molar-refractivity contribution is -0.156. The Hall–Kier alpha value is -2.48. The van der Waals surface area contributed by atoms with E-state index in [9.17, 15) is 14.4 Å². The number of esters is 1. The first kappa shape index (κ1) is 19.8. The van der Waals surface area contributed by atoms with Crippen molar-refractivity contribution in [1.29, 1.82) is 0 Å². The first-order chi connectivity index (χ1) is 12.1. The number of imide groups is 1. The molecule has 0 unspecified atom stereocenters. The van der Waals surface area contributed by atoms with Crippen LogP contribution in [0.3, 0.4) is 0 Å². The van der Waals surface area contributed by atoms with Gasteiger partial charge in [-0.2, -0.15) is 0 Å². The van der Waals surface area contributed by atoms with E-state index in [1.807, 2.05) is 0 Å². The molecule has 0 saturated carbocycles. The first-order valence-corrected chi connectivity index (χ1v) is 8.65. The zero-order valence-electron chi connectivity index (χ0n) is 15.3. The van der Waals surface area contributed by atoms with Crippen molar-refractivity contribution in [3.05, 3.63) is 28.7 Å². The van der Waals surface area contributed by atoms with Gasteiger partial charge in [0.15, 0.2) is 0 Å². The predicted molar refractivity (Wildman–Crippen MR) is 98.1 cm³/mol. The summed E-state index contributed by atoms with van der Waals surface area (Å²) in [6.07, 6.45) is 1.54. The van der Waals surface area contributed by atoms with Gasteiger partial charge in [-0.15, -0.1) is 0 Å². The summed E-state index contributed by atoms with van der Waals surface area (Å²) in [6, 6.07) is 5.13. The highest BCUT2D eigenvalue weighted by molar-refractivity contribution is 8.18. The van der Waals surface area contributed by atoms with Crippen LogP contribution in [0.4, 0.5) is 4.79 Å². The van der Waals surface area contributed by atoms with Gasteiger partial charge in [-0.05, 0) is 56.8 Å². The molecule has 1 aliphatic heterocycles. The van der Waals surface area contributed by atoms with E-state index in [2.05, 4.69) is 0 Å². The van der Waals surface area contributed by atoms with Gasteiger partial charge in [0.25, 0.3) is 11.1 Å². The molecule has 0 atom stereocenters. The normalized spacial score (nSPS) is 16.2. The van der Waals surface area contributed by atoms with Gasteiger partial charge in [0.05, 0.1) is 19.1 Å². The Labute approximate surface area is 156 Å². The first-order valence-electron chi connectivity index (χ1n) is 7.84. The number of benzene rings is 1. The smallest absolute Gasteiger partial charge is 0.326 e. The molecule has 1 aromatic carbocycles. The van der Waals surface area contributed by atoms with E-state index in [1.165, 1.54) is 14.2 Å². The fraction of sp³-hybridized carbons (Fsp3) is 0.389. The van der Waals surface area contributed by atoms with E-state index in [-0.39, 0.29) is 4.91 Å². The molecule has 0 spiro atoms. The molecule has 26 heavy (non-hydrogen) atoms. The molecule has 1 fully saturated rings. The van der Waals surface area contributed by atoms with Gasteiger partial charge in [0.2, 0.25) is 0 Å². The molecular weight excluding hydrogens is 358 g/mol. The Morgan fingerprint density at radius 1 is 1.19 bits per heavy atom. The SMILES string of the molecule is COc1ccc(OC)c(/C=C2/SC(=O)N(CC(=O)OC(C)(C)C)C2=O)c1. The number of methoxy groups -OCH3 is 2. The molecule has 1 aromatic rings. The van der Waals surface area contributed by atoms with Crippen molar-refractivity contribution in [2.45, 2.75) is 26.4 Å². The van der Waals surface area contributed by atoms with E-state index in [0.717, 1.165) is 16.7 Å². The van der Waals surface area contributed by atoms with Crippen LogP contribution in [-0.4, -0.2) is 48.4 Å². The third-order valence-electron chi connectivity index (χ3n) is 3.30. The number of hydrogen-bond donors (Lipinski definition) is 0. The average molecular weight is 379 g/mol. The van der Waals surface area contributed by atoms with Gasteiger partial charge in [0.1, 0.15) is 23.6 Å². The second kappa shape index (κ2) is 7.82. The summed E-state index contributed by atoms with van der Waals surface area (Å²) >= 11 is 0.764. The molecule has 2 amide bonds. The number of carbonyl (C=O) groups excluding carboxylic acids is 3. The Bertz CT molecular complexity index is 765. The number of nitrogens with zero attached hydrogens (tertiary/aromatic N) is 1. The highest BCUT2D eigenvalue weighted by atomic mass is 32.2. The predicted octanol–water partition coefficient (Wildman–Crippen LogP) is 3.08. The van der Waals surface area contributed by atoms with Crippen molar-refractivity contribution in [3.8, 4) is 11.5 Å². The van der Waals surface area contributed by atoms with E-state index in [0.29, 0.717) is 17.1 Å². The summed E-state index contributed by atoms with van der Waals surface area (Å²) < 4.78 is 15.6. The van der Waals surface area contributed by atoms with Gasteiger partial charge < -0.3 is 14.2 Å². The van der Waals surface area contributed by atoms with E-state index in [4.69, 9.17) is 14.2 Å². The van der Waals surface area contributed by atoms with Crippen LogP contribution in [0.5, 0.6) is 11.5 Å². The zero-order valence-corrected chi connectivity index (χ0v) is 16.1. The zero-order chi connectivity index (χ0) is 19.5. The van der Waals surface area contributed by atoms with E-state index in [1.54, 1.807) is 45.0 Å². The Morgan fingerprint density at radius 3 is 2.46 bits per heavy atom. The number of ether oxygens (including phenoxy) is 3. The fourth-order valence-corrected chi connectivity index (χ4v) is 3.06. The molecule has 0 N–H and O–H groups in total. The van der Waals surface area contributed by atoms with Crippen LogP contribution in [0.15, 0.2) is 23.1 Å². The van der Waals surface area contributed by atoms with Gasteiger partial charge in [-0.1, -0.05) is 0 Å². The van der Waals surface area contributed by atoms with Gasteiger partial charge in [-0.25, -0.2) is 0 Å². The summed E-state index contributed by atoms with van der Waals surface area (Å²) in [7, 11) is 3.04. The minimum Gasteiger partial charge on any atom is -0.497 e. The van der Waals surface area contributed by atoms with Gasteiger partial charge in [-0.3, -0.25) is 19.3 Å². The van der Waals surface area contributed by atoms with Crippen molar-refractivity contribution in [1.82, 2.24) is 4.90 Å². The van der Waals surface area contributed by atoms with Crippen LogP contribution in [-0.2, 0) is 14.3 Å². The van der Waals surface area contributed by atoms with Crippen LogP contribution in [0.1, 0.15) is 26.3 Å². The van der Waals surface area contributed by atoms with E-state index >= 15 is 0 Å². The van der Waals surface area contributed by atoms with Gasteiger partial charge >= 0.3 is 5.97 Å². The average Bonchev–Trinajstić information content (AvgIpc) is 2.80. The Morgan fingerprint density at radius 2 is 1.88 bits per heavy atom.